The van der Waals surface area contributed by atoms with E-state index in [1.165, 1.54) is 5.57 Å². The molecule has 0 spiro atoms. The molecule has 0 aromatic heterocycles. The van der Waals surface area contributed by atoms with E-state index in [4.69, 9.17) is 4.74 Å². The zero-order chi connectivity index (χ0) is 12.0. The van der Waals surface area contributed by atoms with Gasteiger partial charge in [0.2, 0.25) is 0 Å². The molecule has 0 amide bonds. The van der Waals surface area contributed by atoms with Crippen molar-refractivity contribution in [2.45, 2.75) is 64.6 Å². The fourth-order valence-corrected chi connectivity index (χ4v) is 3.18. The highest BCUT2D eigenvalue weighted by molar-refractivity contribution is 5.91. The molecule has 0 aliphatic heterocycles. The molecule has 0 bridgehead atoms. The lowest BCUT2D eigenvalue weighted by molar-refractivity contribution is -0.140. The second-order valence-electron chi connectivity index (χ2n) is 6.30. The summed E-state index contributed by atoms with van der Waals surface area (Å²) in [5, 5.41) is 0. The summed E-state index contributed by atoms with van der Waals surface area (Å²) in [5.74, 6) is 0.760. The fourth-order valence-electron chi connectivity index (χ4n) is 3.18. The number of fused-ring (bicyclic) bond motifs is 1. The van der Waals surface area contributed by atoms with Gasteiger partial charge in [-0.2, -0.15) is 0 Å². The van der Waals surface area contributed by atoms with Gasteiger partial charge in [-0.3, -0.25) is 4.79 Å². The van der Waals surface area contributed by atoms with Gasteiger partial charge in [0, 0.05) is 12.3 Å². The lowest BCUT2D eigenvalue weighted by atomic mass is 9.81. The summed E-state index contributed by atoms with van der Waals surface area (Å²) in [6, 6.07) is 0. The quantitative estimate of drug-likeness (QED) is 0.680. The van der Waals surface area contributed by atoms with Crippen molar-refractivity contribution in [1.29, 1.82) is 0 Å². The second-order valence-corrected chi connectivity index (χ2v) is 6.30. The normalized spacial score (nSPS) is 34.9. The molecule has 2 atom stereocenters. The third-order valence-corrected chi connectivity index (χ3v) is 3.66. The molecule has 0 heterocycles. The van der Waals surface area contributed by atoms with Crippen LogP contribution in [-0.4, -0.2) is 17.0 Å². The molecular weight excluding hydrogens is 200 g/mol. The Balaban J connectivity index is 2.20. The maximum atomic E-state index is 11.4. The van der Waals surface area contributed by atoms with E-state index in [1.807, 2.05) is 6.08 Å². The largest absolute Gasteiger partial charge is 0.369 e. The fraction of sp³-hybridized carbons (Fsp3) is 0.786. The Bertz CT molecular complexity index is 335. The van der Waals surface area contributed by atoms with Crippen molar-refractivity contribution in [2.75, 3.05) is 0 Å². The minimum Gasteiger partial charge on any atom is -0.369 e. The Morgan fingerprint density at radius 1 is 1.38 bits per heavy atom. The number of ketones is 1. The van der Waals surface area contributed by atoms with Crippen LogP contribution in [0, 0.1) is 5.92 Å². The maximum Gasteiger partial charge on any atom is 0.155 e. The zero-order valence-electron chi connectivity index (χ0n) is 10.8. The van der Waals surface area contributed by atoms with Gasteiger partial charge in [0.05, 0.1) is 11.2 Å². The van der Waals surface area contributed by atoms with Gasteiger partial charge in [-0.05, 0) is 53.0 Å². The van der Waals surface area contributed by atoms with Gasteiger partial charge in [0.1, 0.15) is 0 Å². The highest BCUT2D eigenvalue weighted by Crippen LogP contribution is 2.48. The molecular formula is C14H22O2. The molecule has 0 saturated heterocycles. The van der Waals surface area contributed by atoms with Gasteiger partial charge >= 0.3 is 0 Å². The highest BCUT2D eigenvalue weighted by Gasteiger charge is 2.46. The van der Waals surface area contributed by atoms with Crippen LogP contribution >= 0.6 is 0 Å². The minimum atomic E-state index is -0.105. The standard InChI is InChI=1S/C14H22O2/c1-13(2,3)16-14(4)8-7-10-9-11(15)5-6-12(10)14/h9,12H,5-8H2,1-4H3/t12?,14-/m0/s1. The molecule has 1 unspecified atom stereocenters. The first-order chi connectivity index (χ1) is 7.30. The molecule has 0 aromatic rings. The van der Waals surface area contributed by atoms with Crippen LogP contribution in [0.5, 0.6) is 0 Å². The molecule has 2 aliphatic rings. The van der Waals surface area contributed by atoms with E-state index in [0.717, 1.165) is 19.3 Å². The Labute approximate surface area is 98.1 Å². The van der Waals surface area contributed by atoms with Gasteiger partial charge in [-0.15, -0.1) is 0 Å². The van der Waals surface area contributed by atoms with Crippen LogP contribution in [0.25, 0.3) is 0 Å². The van der Waals surface area contributed by atoms with Gasteiger partial charge in [0.15, 0.2) is 5.78 Å². The van der Waals surface area contributed by atoms with E-state index >= 15 is 0 Å². The number of ether oxygens (including phenoxy) is 1. The second kappa shape index (κ2) is 3.69. The summed E-state index contributed by atoms with van der Waals surface area (Å²) < 4.78 is 6.24. The van der Waals surface area contributed by atoms with Crippen molar-refractivity contribution in [1.82, 2.24) is 0 Å². The van der Waals surface area contributed by atoms with Crippen molar-refractivity contribution in [3.8, 4) is 0 Å². The molecule has 2 rings (SSSR count). The van der Waals surface area contributed by atoms with Gasteiger partial charge < -0.3 is 4.74 Å². The summed E-state index contributed by atoms with van der Waals surface area (Å²) in [6.07, 6.45) is 5.61. The first-order valence-corrected chi connectivity index (χ1v) is 6.24. The number of carbonyl (C=O) groups excluding carboxylic acids is 1. The van der Waals surface area contributed by atoms with Crippen LogP contribution in [0.4, 0.5) is 0 Å². The van der Waals surface area contributed by atoms with E-state index in [-0.39, 0.29) is 11.2 Å². The molecule has 1 saturated carbocycles. The van der Waals surface area contributed by atoms with Gasteiger partial charge in [-0.25, -0.2) is 0 Å². The van der Waals surface area contributed by atoms with Crippen LogP contribution < -0.4 is 0 Å². The van der Waals surface area contributed by atoms with Crippen LogP contribution in [0.1, 0.15) is 53.4 Å². The highest BCUT2D eigenvalue weighted by atomic mass is 16.5. The van der Waals surface area contributed by atoms with Crippen LogP contribution in [0.2, 0.25) is 0 Å². The minimum absolute atomic E-state index is 0.0647. The van der Waals surface area contributed by atoms with Crippen molar-refractivity contribution < 1.29 is 9.53 Å². The van der Waals surface area contributed by atoms with E-state index < -0.39 is 0 Å². The number of rotatable bonds is 1. The number of hydrogen-bond acceptors (Lipinski definition) is 2. The maximum absolute atomic E-state index is 11.4. The number of hydrogen-bond donors (Lipinski definition) is 0. The predicted octanol–water partition coefficient (Wildman–Crippen LogP) is 3.26. The summed E-state index contributed by atoms with van der Waals surface area (Å²) in [7, 11) is 0. The smallest absolute Gasteiger partial charge is 0.155 e. The lowest BCUT2D eigenvalue weighted by Crippen LogP contribution is -2.41. The molecule has 90 valence electrons. The summed E-state index contributed by atoms with van der Waals surface area (Å²) in [6.45, 7) is 8.52. The molecule has 2 aliphatic carbocycles. The number of carbonyl (C=O) groups is 1. The molecule has 0 aromatic carbocycles. The first kappa shape index (κ1) is 11.8. The zero-order valence-corrected chi connectivity index (χ0v) is 10.8. The van der Waals surface area contributed by atoms with Crippen molar-refractivity contribution in [3.63, 3.8) is 0 Å². The molecule has 0 N–H and O–H groups in total. The Hall–Kier alpha value is -0.630. The lowest BCUT2D eigenvalue weighted by Gasteiger charge is -2.39. The Morgan fingerprint density at radius 2 is 2.06 bits per heavy atom. The summed E-state index contributed by atoms with van der Waals surface area (Å²) >= 11 is 0. The summed E-state index contributed by atoms with van der Waals surface area (Å²) in [5.41, 5.74) is 1.15. The van der Waals surface area contributed by atoms with Gasteiger partial charge in [0.25, 0.3) is 0 Å². The molecule has 2 heteroatoms. The third-order valence-electron chi connectivity index (χ3n) is 3.66. The van der Waals surface area contributed by atoms with E-state index in [1.54, 1.807) is 0 Å². The monoisotopic (exact) mass is 222 g/mol. The van der Waals surface area contributed by atoms with Gasteiger partial charge in [-0.1, -0.05) is 5.57 Å². The molecule has 1 fully saturated rings. The predicted molar refractivity (Wildman–Crippen MR) is 64.3 cm³/mol. The molecule has 0 radical (unpaired) electrons. The molecule has 16 heavy (non-hydrogen) atoms. The van der Waals surface area contributed by atoms with Crippen LogP contribution in [0.15, 0.2) is 11.6 Å². The summed E-state index contributed by atoms with van der Waals surface area (Å²) in [4.78, 5) is 11.4. The van der Waals surface area contributed by atoms with E-state index in [9.17, 15) is 4.79 Å². The van der Waals surface area contributed by atoms with Crippen LogP contribution in [0.3, 0.4) is 0 Å². The average Bonchev–Trinajstić information content (AvgIpc) is 2.40. The van der Waals surface area contributed by atoms with E-state index in [2.05, 4.69) is 27.7 Å². The Kier molecular flexibility index (Phi) is 2.73. The average molecular weight is 222 g/mol. The first-order valence-electron chi connectivity index (χ1n) is 6.24. The topological polar surface area (TPSA) is 26.3 Å². The van der Waals surface area contributed by atoms with E-state index in [0.29, 0.717) is 18.1 Å². The van der Waals surface area contributed by atoms with Crippen molar-refractivity contribution in [2.24, 2.45) is 5.92 Å². The number of allylic oxidation sites excluding steroid dienone is 1. The van der Waals surface area contributed by atoms with Crippen molar-refractivity contribution in [3.05, 3.63) is 11.6 Å². The molecule has 2 nitrogen and oxygen atoms in total. The SMILES string of the molecule is CC(C)(C)O[C@@]1(C)CCC2=CC(=O)CCC21. The third kappa shape index (κ3) is 2.22. The Morgan fingerprint density at radius 3 is 2.69 bits per heavy atom. The van der Waals surface area contributed by atoms with Crippen LogP contribution in [-0.2, 0) is 9.53 Å². The van der Waals surface area contributed by atoms with Crippen molar-refractivity contribution >= 4 is 5.78 Å².